The smallest absolute Gasteiger partial charge is 0.276 e. The minimum atomic E-state index is -0.867. The molecule has 0 aromatic carbocycles. The second-order valence-corrected chi connectivity index (χ2v) is 7.24. The van der Waals surface area contributed by atoms with Crippen molar-refractivity contribution in [3.05, 3.63) is 23.5 Å². The first-order valence-corrected chi connectivity index (χ1v) is 9.02. The van der Waals surface area contributed by atoms with E-state index in [9.17, 15) is 14.7 Å². The van der Waals surface area contributed by atoms with Crippen molar-refractivity contribution in [3.63, 3.8) is 0 Å². The largest absolute Gasteiger partial charge is 0.494 e. The van der Waals surface area contributed by atoms with Crippen molar-refractivity contribution >= 4 is 11.8 Å². The summed E-state index contributed by atoms with van der Waals surface area (Å²) in [5.41, 5.74) is 0.291. The third-order valence-corrected chi connectivity index (χ3v) is 5.01. The lowest BCUT2D eigenvalue weighted by molar-refractivity contribution is -0.126. The average Bonchev–Trinajstić information content (AvgIpc) is 3.04. The van der Waals surface area contributed by atoms with Crippen molar-refractivity contribution < 1.29 is 19.4 Å². The molecule has 0 aliphatic heterocycles. The fraction of sp³-hybridized carbons (Fsp3) is 0.632. The zero-order valence-corrected chi connectivity index (χ0v) is 16.0. The normalized spacial score (nSPS) is 16.8. The maximum atomic E-state index is 12.7. The van der Waals surface area contributed by atoms with Crippen LogP contribution in [0.5, 0.6) is 5.75 Å². The van der Waals surface area contributed by atoms with Crippen molar-refractivity contribution in [2.75, 3.05) is 20.7 Å². The first-order valence-electron chi connectivity index (χ1n) is 9.02. The highest BCUT2D eigenvalue weighted by Gasteiger charge is 2.33. The molecule has 144 valence electrons. The van der Waals surface area contributed by atoms with E-state index in [1.54, 1.807) is 19.3 Å². The van der Waals surface area contributed by atoms with Gasteiger partial charge in [0.05, 0.1) is 19.1 Å². The molecule has 1 heterocycles. The summed E-state index contributed by atoms with van der Waals surface area (Å²) in [5, 5.41) is 13.1. The van der Waals surface area contributed by atoms with Crippen LogP contribution in [0.3, 0.4) is 0 Å². The predicted octanol–water partition coefficient (Wildman–Crippen LogP) is 1.67. The van der Waals surface area contributed by atoms with Gasteiger partial charge in [-0.05, 0) is 38.3 Å². The van der Waals surface area contributed by atoms with Gasteiger partial charge < -0.3 is 20.1 Å². The van der Waals surface area contributed by atoms with Crippen molar-refractivity contribution in [3.8, 4) is 5.75 Å². The molecule has 1 aliphatic rings. The number of hydrogen-bond donors (Lipinski definition) is 2. The second-order valence-electron chi connectivity index (χ2n) is 7.24. The van der Waals surface area contributed by atoms with Gasteiger partial charge in [0.25, 0.3) is 5.91 Å². The number of nitrogens with one attached hydrogen (secondary N) is 1. The second kappa shape index (κ2) is 8.49. The first kappa shape index (κ1) is 20.2. The van der Waals surface area contributed by atoms with Gasteiger partial charge in [-0.15, -0.1) is 0 Å². The summed E-state index contributed by atoms with van der Waals surface area (Å²) in [5.74, 6) is -0.0206. The Morgan fingerprint density at radius 3 is 2.69 bits per heavy atom. The molecule has 1 unspecified atom stereocenters. The van der Waals surface area contributed by atoms with Gasteiger partial charge in [-0.2, -0.15) is 0 Å². The number of carbonyl (C=O) groups excluding carboxylic acids is 2. The van der Waals surface area contributed by atoms with Crippen LogP contribution in [-0.4, -0.2) is 59.1 Å². The molecule has 1 atom stereocenters. The third kappa shape index (κ3) is 4.94. The predicted molar refractivity (Wildman–Crippen MR) is 98.1 cm³/mol. The molecule has 0 radical (unpaired) electrons. The molecule has 1 aromatic rings. The highest BCUT2D eigenvalue weighted by molar-refractivity contribution is 5.95. The van der Waals surface area contributed by atoms with Gasteiger partial charge >= 0.3 is 0 Å². The maximum Gasteiger partial charge on any atom is 0.276 e. The molecule has 2 amide bonds. The van der Waals surface area contributed by atoms with E-state index in [4.69, 9.17) is 4.74 Å². The van der Waals surface area contributed by atoms with Crippen LogP contribution in [0.1, 0.15) is 55.1 Å². The van der Waals surface area contributed by atoms with Crippen LogP contribution in [0, 0.1) is 6.92 Å². The Morgan fingerprint density at radius 1 is 1.42 bits per heavy atom. The fourth-order valence-electron chi connectivity index (χ4n) is 3.20. The number of amides is 2. The van der Waals surface area contributed by atoms with Gasteiger partial charge in [0.2, 0.25) is 5.91 Å². The van der Waals surface area contributed by atoms with E-state index in [2.05, 4.69) is 10.3 Å². The lowest BCUT2D eigenvalue weighted by Gasteiger charge is -2.26. The van der Waals surface area contributed by atoms with Crippen LogP contribution in [0.25, 0.3) is 0 Å². The molecule has 26 heavy (non-hydrogen) atoms. The molecule has 7 nitrogen and oxygen atoms in total. The van der Waals surface area contributed by atoms with E-state index >= 15 is 0 Å². The van der Waals surface area contributed by atoms with Gasteiger partial charge in [-0.3, -0.25) is 9.59 Å². The molecule has 1 aromatic heterocycles. The van der Waals surface area contributed by atoms with Crippen LogP contribution in [-0.2, 0) is 4.79 Å². The highest BCUT2D eigenvalue weighted by atomic mass is 16.5. The topological polar surface area (TPSA) is 91.8 Å². The summed E-state index contributed by atoms with van der Waals surface area (Å²) in [6, 6.07) is 1.54. The van der Waals surface area contributed by atoms with Crippen molar-refractivity contribution in [2.24, 2.45) is 0 Å². The fourth-order valence-corrected chi connectivity index (χ4v) is 3.20. The molecule has 1 saturated carbocycles. The Bertz CT molecular complexity index is 656. The standard InChI is InChI=1S/C19H29N3O4/c1-13-9-15(26-4)17(21-11-13)18(24)22(3)14(2)12-20-16(23)10-19(25)7-5-6-8-19/h9,11,14,25H,5-8,10,12H2,1-4H3,(H,20,23). The minimum Gasteiger partial charge on any atom is -0.494 e. The number of ether oxygens (including phenoxy) is 1. The number of pyridine rings is 1. The Balaban J connectivity index is 1.91. The Labute approximate surface area is 154 Å². The monoisotopic (exact) mass is 363 g/mol. The molecular formula is C19H29N3O4. The zero-order chi connectivity index (χ0) is 19.3. The molecule has 0 spiro atoms. The number of likely N-dealkylation sites (N-methyl/N-ethyl adjacent to an activating group) is 1. The molecule has 1 fully saturated rings. The lowest BCUT2D eigenvalue weighted by Crippen LogP contribution is -2.44. The number of methoxy groups -OCH3 is 1. The summed E-state index contributed by atoms with van der Waals surface area (Å²) in [4.78, 5) is 30.5. The number of aryl methyl sites for hydroxylation is 1. The summed E-state index contributed by atoms with van der Waals surface area (Å²) in [7, 11) is 3.18. The van der Waals surface area contributed by atoms with Crippen LogP contribution in [0.15, 0.2) is 12.3 Å². The summed E-state index contributed by atoms with van der Waals surface area (Å²) in [6.07, 6.45) is 5.01. The lowest BCUT2D eigenvalue weighted by atomic mass is 9.97. The minimum absolute atomic E-state index is 0.116. The molecule has 0 bridgehead atoms. The number of nitrogens with zero attached hydrogens (tertiary/aromatic N) is 2. The van der Waals surface area contributed by atoms with E-state index in [-0.39, 0.29) is 30.0 Å². The van der Waals surface area contributed by atoms with Crippen molar-refractivity contribution in [2.45, 2.75) is 57.6 Å². The molecule has 2 rings (SSSR count). The van der Waals surface area contributed by atoms with E-state index in [0.717, 1.165) is 18.4 Å². The average molecular weight is 363 g/mol. The zero-order valence-electron chi connectivity index (χ0n) is 16.0. The molecular weight excluding hydrogens is 334 g/mol. The van der Waals surface area contributed by atoms with Gasteiger partial charge in [-0.25, -0.2) is 4.98 Å². The van der Waals surface area contributed by atoms with Gasteiger partial charge in [-0.1, -0.05) is 12.8 Å². The maximum absolute atomic E-state index is 12.7. The quantitative estimate of drug-likeness (QED) is 0.769. The van der Waals surface area contributed by atoms with E-state index in [1.807, 2.05) is 13.8 Å². The van der Waals surface area contributed by atoms with Crippen molar-refractivity contribution in [1.29, 1.82) is 0 Å². The van der Waals surface area contributed by atoms with Crippen LogP contribution in [0.2, 0.25) is 0 Å². The SMILES string of the molecule is COc1cc(C)cnc1C(=O)N(C)C(C)CNC(=O)CC1(O)CCCC1. The highest BCUT2D eigenvalue weighted by Crippen LogP contribution is 2.32. The molecule has 0 saturated heterocycles. The number of aliphatic hydroxyl groups is 1. The Kier molecular flexibility index (Phi) is 6.58. The van der Waals surface area contributed by atoms with Crippen LogP contribution < -0.4 is 10.1 Å². The van der Waals surface area contributed by atoms with E-state index in [0.29, 0.717) is 25.1 Å². The van der Waals surface area contributed by atoms with Crippen LogP contribution in [0.4, 0.5) is 0 Å². The van der Waals surface area contributed by atoms with E-state index < -0.39 is 5.60 Å². The number of hydrogen-bond acceptors (Lipinski definition) is 5. The summed E-state index contributed by atoms with van der Waals surface area (Å²) in [6.45, 7) is 4.04. The summed E-state index contributed by atoms with van der Waals surface area (Å²) >= 11 is 0. The van der Waals surface area contributed by atoms with Crippen LogP contribution >= 0.6 is 0 Å². The van der Waals surface area contributed by atoms with Crippen molar-refractivity contribution in [1.82, 2.24) is 15.2 Å². The number of aromatic nitrogens is 1. The van der Waals surface area contributed by atoms with Gasteiger partial charge in [0, 0.05) is 25.8 Å². The Morgan fingerprint density at radius 2 is 2.08 bits per heavy atom. The third-order valence-electron chi connectivity index (χ3n) is 5.01. The van der Waals surface area contributed by atoms with Gasteiger partial charge in [0.1, 0.15) is 5.75 Å². The Hall–Kier alpha value is -2.15. The molecule has 1 aliphatic carbocycles. The molecule has 7 heteroatoms. The number of carbonyl (C=O) groups is 2. The number of rotatable bonds is 7. The first-order chi connectivity index (χ1) is 12.3. The molecule has 2 N–H and O–H groups in total. The van der Waals surface area contributed by atoms with Gasteiger partial charge in [0.15, 0.2) is 5.69 Å². The van der Waals surface area contributed by atoms with E-state index in [1.165, 1.54) is 12.0 Å². The summed E-state index contributed by atoms with van der Waals surface area (Å²) < 4.78 is 5.25.